The van der Waals surface area contributed by atoms with Crippen LogP contribution in [0.2, 0.25) is 0 Å². The van der Waals surface area contributed by atoms with Crippen LogP contribution < -0.4 is 10.9 Å². The maximum absolute atomic E-state index is 11.4. The minimum Gasteiger partial charge on any atom is -0.370 e. The molecule has 1 rings (SSSR count). The molecule has 0 unspecified atom stereocenters. The van der Waals surface area contributed by atoms with Gasteiger partial charge in [0.2, 0.25) is 0 Å². The van der Waals surface area contributed by atoms with Crippen molar-refractivity contribution in [2.24, 2.45) is 0 Å². The number of rotatable bonds is 3. The molecule has 4 nitrogen and oxygen atoms in total. The van der Waals surface area contributed by atoms with E-state index in [9.17, 15) is 4.79 Å². The molecule has 0 atom stereocenters. The number of nitrogens with zero attached hydrogens (tertiary/aromatic N) is 1. The first-order chi connectivity index (χ1) is 6.93. The number of nitrogens with one attached hydrogen (secondary N) is 2. The molecule has 0 amide bonds. The molecule has 0 spiro atoms. The van der Waals surface area contributed by atoms with Crippen LogP contribution in [0.15, 0.2) is 10.9 Å². The van der Waals surface area contributed by atoms with Crippen molar-refractivity contribution in [1.82, 2.24) is 9.97 Å². The fourth-order valence-electron chi connectivity index (χ4n) is 1.16. The lowest BCUT2D eigenvalue weighted by Gasteiger charge is -2.17. The monoisotopic (exact) mass is 209 g/mol. The second kappa shape index (κ2) is 4.47. The number of anilines is 1. The molecule has 0 aliphatic rings. The maximum Gasteiger partial charge on any atom is 0.252 e. The molecule has 1 aromatic heterocycles. The zero-order chi connectivity index (χ0) is 11.5. The fraction of sp³-hybridized carbons (Fsp3) is 0.636. The van der Waals surface area contributed by atoms with Crippen molar-refractivity contribution in [3.8, 4) is 0 Å². The SMILES string of the molecule is CCCNc1cc(=O)[nH]c(C(C)(C)C)n1. The lowest BCUT2D eigenvalue weighted by Crippen LogP contribution is -2.22. The Bertz CT molecular complexity index is 376. The van der Waals surface area contributed by atoms with Gasteiger partial charge in [-0.2, -0.15) is 0 Å². The van der Waals surface area contributed by atoms with E-state index < -0.39 is 0 Å². The molecule has 0 saturated heterocycles. The minimum absolute atomic E-state index is 0.103. The van der Waals surface area contributed by atoms with Crippen LogP contribution in [0.4, 0.5) is 5.82 Å². The Morgan fingerprint density at radius 1 is 1.47 bits per heavy atom. The van der Waals surface area contributed by atoms with E-state index >= 15 is 0 Å². The summed E-state index contributed by atoms with van der Waals surface area (Å²) in [5.74, 6) is 1.37. The van der Waals surface area contributed by atoms with Gasteiger partial charge in [-0.05, 0) is 6.42 Å². The van der Waals surface area contributed by atoms with Crippen LogP contribution in [-0.2, 0) is 5.41 Å². The summed E-state index contributed by atoms with van der Waals surface area (Å²) >= 11 is 0. The van der Waals surface area contributed by atoms with Gasteiger partial charge in [0.1, 0.15) is 11.6 Å². The van der Waals surface area contributed by atoms with Crippen LogP contribution in [-0.4, -0.2) is 16.5 Å². The number of aromatic nitrogens is 2. The van der Waals surface area contributed by atoms with Gasteiger partial charge < -0.3 is 10.3 Å². The fourth-order valence-corrected chi connectivity index (χ4v) is 1.16. The van der Waals surface area contributed by atoms with Gasteiger partial charge in [0.25, 0.3) is 5.56 Å². The first kappa shape index (κ1) is 11.8. The Labute approximate surface area is 90.1 Å². The summed E-state index contributed by atoms with van der Waals surface area (Å²) in [7, 11) is 0. The number of hydrogen-bond donors (Lipinski definition) is 2. The third kappa shape index (κ3) is 3.38. The molecule has 1 heterocycles. The lowest BCUT2D eigenvalue weighted by atomic mass is 9.96. The molecule has 0 saturated carbocycles. The molecule has 0 radical (unpaired) electrons. The van der Waals surface area contributed by atoms with Crippen LogP contribution in [0.25, 0.3) is 0 Å². The Balaban J connectivity index is 3.01. The van der Waals surface area contributed by atoms with E-state index in [0.29, 0.717) is 11.6 Å². The van der Waals surface area contributed by atoms with Gasteiger partial charge in [-0.25, -0.2) is 4.98 Å². The summed E-state index contributed by atoms with van der Waals surface area (Å²) < 4.78 is 0. The van der Waals surface area contributed by atoms with Gasteiger partial charge in [-0.15, -0.1) is 0 Å². The van der Waals surface area contributed by atoms with Gasteiger partial charge in [0.15, 0.2) is 0 Å². The Kier molecular flexibility index (Phi) is 3.50. The second-order valence-electron chi connectivity index (χ2n) is 4.66. The average Bonchev–Trinajstić information content (AvgIpc) is 2.12. The highest BCUT2D eigenvalue weighted by Gasteiger charge is 2.17. The number of hydrogen-bond acceptors (Lipinski definition) is 3. The van der Waals surface area contributed by atoms with Crippen molar-refractivity contribution in [3.05, 3.63) is 22.2 Å². The molecule has 0 aliphatic carbocycles. The van der Waals surface area contributed by atoms with Crippen molar-refractivity contribution < 1.29 is 0 Å². The molecule has 0 bridgehead atoms. The Morgan fingerprint density at radius 3 is 2.67 bits per heavy atom. The molecular weight excluding hydrogens is 190 g/mol. The van der Waals surface area contributed by atoms with Crippen LogP contribution in [0.3, 0.4) is 0 Å². The number of aromatic amines is 1. The van der Waals surface area contributed by atoms with Crippen molar-refractivity contribution in [2.45, 2.75) is 39.5 Å². The van der Waals surface area contributed by atoms with Gasteiger partial charge in [-0.1, -0.05) is 27.7 Å². The quantitative estimate of drug-likeness (QED) is 0.799. The van der Waals surface area contributed by atoms with E-state index in [1.807, 2.05) is 20.8 Å². The zero-order valence-electron chi connectivity index (χ0n) is 9.85. The molecule has 1 aromatic rings. The highest BCUT2D eigenvalue weighted by atomic mass is 16.1. The molecule has 0 aromatic carbocycles. The summed E-state index contributed by atoms with van der Waals surface area (Å²) in [6, 6.07) is 1.49. The van der Waals surface area contributed by atoms with E-state index in [-0.39, 0.29) is 11.0 Å². The molecule has 0 fully saturated rings. The highest BCUT2D eigenvalue weighted by Crippen LogP contribution is 2.17. The average molecular weight is 209 g/mol. The van der Waals surface area contributed by atoms with E-state index in [1.54, 1.807) is 0 Å². The molecule has 4 heteroatoms. The van der Waals surface area contributed by atoms with E-state index in [4.69, 9.17) is 0 Å². The van der Waals surface area contributed by atoms with Crippen LogP contribution in [0.5, 0.6) is 0 Å². The smallest absolute Gasteiger partial charge is 0.252 e. The van der Waals surface area contributed by atoms with Crippen molar-refractivity contribution in [1.29, 1.82) is 0 Å². The summed E-state index contributed by atoms with van der Waals surface area (Å²) in [6.07, 6.45) is 1.01. The van der Waals surface area contributed by atoms with Crippen molar-refractivity contribution in [3.63, 3.8) is 0 Å². The van der Waals surface area contributed by atoms with Gasteiger partial charge in [0, 0.05) is 18.0 Å². The predicted octanol–water partition coefficient (Wildman–Crippen LogP) is 1.89. The van der Waals surface area contributed by atoms with Crippen LogP contribution >= 0.6 is 0 Å². The highest BCUT2D eigenvalue weighted by molar-refractivity contribution is 5.33. The summed E-state index contributed by atoms with van der Waals surface area (Å²) in [5, 5.41) is 3.12. The molecule has 2 N–H and O–H groups in total. The topological polar surface area (TPSA) is 57.8 Å². The molecule has 0 aliphatic heterocycles. The maximum atomic E-state index is 11.4. The molecule has 84 valence electrons. The standard InChI is InChI=1S/C11H19N3O/c1-5-6-12-8-7-9(15)14-10(13-8)11(2,3)4/h7H,5-6H2,1-4H3,(H2,12,13,14,15). The first-order valence-electron chi connectivity index (χ1n) is 5.29. The Morgan fingerprint density at radius 2 is 2.13 bits per heavy atom. The van der Waals surface area contributed by atoms with E-state index in [1.165, 1.54) is 6.07 Å². The summed E-state index contributed by atoms with van der Waals surface area (Å²) in [5.41, 5.74) is -0.239. The van der Waals surface area contributed by atoms with Crippen molar-refractivity contribution >= 4 is 5.82 Å². The second-order valence-corrected chi connectivity index (χ2v) is 4.66. The minimum atomic E-state index is -0.136. The van der Waals surface area contributed by atoms with Gasteiger partial charge in [-0.3, -0.25) is 4.79 Å². The normalized spacial score (nSPS) is 11.5. The van der Waals surface area contributed by atoms with Gasteiger partial charge in [0.05, 0.1) is 0 Å². The predicted molar refractivity (Wildman–Crippen MR) is 62.3 cm³/mol. The summed E-state index contributed by atoms with van der Waals surface area (Å²) in [6.45, 7) is 8.98. The third-order valence-electron chi connectivity index (χ3n) is 2.01. The number of H-pyrrole nitrogens is 1. The van der Waals surface area contributed by atoms with E-state index in [0.717, 1.165) is 13.0 Å². The lowest BCUT2D eigenvalue weighted by molar-refractivity contribution is 0.543. The van der Waals surface area contributed by atoms with Crippen LogP contribution in [0.1, 0.15) is 39.9 Å². The van der Waals surface area contributed by atoms with Gasteiger partial charge >= 0.3 is 0 Å². The largest absolute Gasteiger partial charge is 0.370 e. The van der Waals surface area contributed by atoms with E-state index in [2.05, 4.69) is 22.2 Å². The first-order valence-corrected chi connectivity index (χ1v) is 5.29. The zero-order valence-corrected chi connectivity index (χ0v) is 9.85. The van der Waals surface area contributed by atoms with Crippen molar-refractivity contribution in [2.75, 3.05) is 11.9 Å². The Hall–Kier alpha value is -1.32. The summed E-state index contributed by atoms with van der Waals surface area (Å²) in [4.78, 5) is 18.5. The molecular formula is C11H19N3O. The molecule has 15 heavy (non-hydrogen) atoms. The third-order valence-corrected chi connectivity index (χ3v) is 2.01. The van der Waals surface area contributed by atoms with Crippen LogP contribution in [0, 0.1) is 0 Å².